The molecule has 0 spiro atoms. The monoisotopic (exact) mass is 261 g/mol. The lowest BCUT2D eigenvalue weighted by Gasteiger charge is -1.98. The standard InChI is InChI=1S/C18H15.C2H6/c1-14-2-4-15(5-3-14)6-7-16-8-10-17(11-9-16)18-12-13-18;1-2/h2-13H,1H3;1-2H3/b7-6+;. The maximum atomic E-state index is 2.17. The Kier molecular flexibility index (Phi) is 4.95. The summed E-state index contributed by atoms with van der Waals surface area (Å²) >= 11 is 0. The van der Waals surface area contributed by atoms with Crippen molar-refractivity contribution in [2.75, 3.05) is 0 Å². The molecule has 0 saturated heterocycles. The first-order valence-corrected chi connectivity index (χ1v) is 7.21. The van der Waals surface area contributed by atoms with E-state index in [9.17, 15) is 0 Å². The molecule has 0 unspecified atom stereocenters. The van der Waals surface area contributed by atoms with Crippen molar-refractivity contribution >= 4 is 17.7 Å². The van der Waals surface area contributed by atoms with Crippen molar-refractivity contribution in [2.45, 2.75) is 20.8 Å². The lowest BCUT2D eigenvalue weighted by molar-refractivity contribution is 1.46. The minimum Gasteiger partial charge on any atom is -0.0716 e. The molecule has 0 aliphatic heterocycles. The quantitative estimate of drug-likeness (QED) is 0.613. The normalized spacial score (nSPS) is 12.7. The Morgan fingerprint density at radius 1 is 0.700 bits per heavy atom. The highest BCUT2D eigenvalue weighted by atomic mass is 14.1. The molecule has 0 N–H and O–H groups in total. The molecular formula is C20H21. The average molecular weight is 261 g/mol. The first-order valence-electron chi connectivity index (χ1n) is 7.21. The molecule has 2 aromatic carbocycles. The Hall–Kier alpha value is -2.08. The van der Waals surface area contributed by atoms with Crippen LogP contribution < -0.4 is 0 Å². The highest BCUT2D eigenvalue weighted by molar-refractivity contribution is 5.87. The van der Waals surface area contributed by atoms with Crippen LogP contribution in [0.5, 0.6) is 0 Å². The molecular weight excluding hydrogens is 240 g/mol. The van der Waals surface area contributed by atoms with Gasteiger partial charge in [-0.3, -0.25) is 0 Å². The van der Waals surface area contributed by atoms with Crippen LogP contribution in [0.1, 0.15) is 36.1 Å². The molecule has 0 aromatic heterocycles. The zero-order chi connectivity index (χ0) is 14.4. The van der Waals surface area contributed by atoms with Gasteiger partial charge in [-0.2, -0.15) is 0 Å². The highest BCUT2D eigenvalue weighted by Crippen LogP contribution is 2.29. The Labute approximate surface area is 122 Å². The van der Waals surface area contributed by atoms with Gasteiger partial charge in [-0.05, 0) is 29.2 Å². The van der Waals surface area contributed by atoms with E-state index in [1.165, 1.54) is 27.8 Å². The summed E-state index contributed by atoms with van der Waals surface area (Å²) in [6.07, 6.45) is 8.57. The topological polar surface area (TPSA) is 0 Å². The van der Waals surface area contributed by atoms with Crippen molar-refractivity contribution in [3.8, 4) is 0 Å². The summed E-state index contributed by atoms with van der Waals surface area (Å²) in [7, 11) is 0. The second kappa shape index (κ2) is 6.91. The predicted octanol–water partition coefficient (Wildman–Crippen LogP) is 5.79. The molecule has 0 atom stereocenters. The Morgan fingerprint density at radius 2 is 1.15 bits per heavy atom. The van der Waals surface area contributed by atoms with Crippen molar-refractivity contribution < 1.29 is 0 Å². The van der Waals surface area contributed by atoms with Crippen LogP contribution in [0.3, 0.4) is 0 Å². The molecule has 0 heterocycles. The lowest BCUT2D eigenvalue weighted by Crippen LogP contribution is -1.76. The first kappa shape index (κ1) is 14.3. The number of allylic oxidation sites excluding steroid dienone is 2. The minimum absolute atomic E-state index is 1.24. The van der Waals surface area contributed by atoms with Gasteiger partial charge in [0.25, 0.3) is 0 Å². The molecule has 0 fully saturated rings. The van der Waals surface area contributed by atoms with Crippen LogP contribution in [-0.2, 0) is 0 Å². The van der Waals surface area contributed by atoms with Crippen molar-refractivity contribution in [1.82, 2.24) is 0 Å². The van der Waals surface area contributed by atoms with Gasteiger partial charge < -0.3 is 0 Å². The molecule has 3 rings (SSSR count). The van der Waals surface area contributed by atoms with Crippen molar-refractivity contribution in [1.29, 1.82) is 0 Å². The van der Waals surface area contributed by atoms with E-state index >= 15 is 0 Å². The molecule has 0 nitrogen and oxygen atoms in total. The summed E-state index contributed by atoms with van der Waals surface area (Å²) < 4.78 is 0. The van der Waals surface area contributed by atoms with Crippen LogP contribution in [0.15, 0.2) is 54.6 Å². The predicted molar refractivity (Wildman–Crippen MR) is 90.2 cm³/mol. The summed E-state index contributed by atoms with van der Waals surface area (Å²) in [4.78, 5) is 0. The number of benzene rings is 2. The Morgan fingerprint density at radius 3 is 1.60 bits per heavy atom. The molecule has 0 amide bonds. The van der Waals surface area contributed by atoms with Gasteiger partial charge in [-0.25, -0.2) is 0 Å². The third kappa shape index (κ3) is 3.96. The van der Waals surface area contributed by atoms with Crippen molar-refractivity contribution in [3.05, 3.63) is 83.3 Å². The van der Waals surface area contributed by atoms with E-state index in [1.807, 2.05) is 13.8 Å². The molecule has 0 bridgehead atoms. The average Bonchev–Trinajstić information content (AvgIpc) is 3.34. The van der Waals surface area contributed by atoms with Crippen LogP contribution in [0.4, 0.5) is 0 Å². The van der Waals surface area contributed by atoms with Gasteiger partial charge in [-0.15, -0.1) is 0 Å². The zero-order valence-electron chi connectivity index (χ0n) is 12.4. The van der Waals surface area contributed by atoms with Crippen LogP contribution in [0, 0.1) is 13.3 Å². The fourth-order valence-electron chi connectivity index (χ4n) is 1.89. The van der Waals surface area contributed by atoms with Gasteiger partial charge in [0.05, 0.1) is 0 Å². The molecule has 101 valence electrons. The molecule has 0 saturated carbocycles. The summed E-state index contributed by atoms with van der Waals surface area (Å²) in [5.74, 6) is 0. The van der Waals surface area contributed by atoms with Crippen LogP contribution >= 0.6 is 0 Å². The minimum atomic E-state index is 1.24. The van der Waals surface area contributed by atoms with E-state index in [2.05, 4.69) is 80.1 Å². The Bertz CT molecular complexity index is 595. The zero-order valence-corrected chi connectivity index (χ0v) is 12.4. The summed E-state index contributed by atoms with van der Waals surface area (Å²) in [6, 6.07) is 17.2. The Balaban J connectivity index is 0.000000704. The van der Waals surface area contributed by atoms with Crippen LogP contribution in [0.25, 0.3) is 17.7 Å². The third-order valence-corrected chi connectivity index (χ3v) is 3.12. The van der Waals surface area contributed by atoms with Gasteiger partial charge in [0.1, 0.15) is 0 Å². The third-order valence-electron chi connectivity index (χ3n) is 3.12. The van der Waals surface area contributed by atoms with Crippen LogP contribution in [0.2, 0.25) is 0 Å². The van der Waals surface area contributed by atoms with E-state index < -0.39 is 0 Å². The van der Waals surface area contributed by atoms with Crippen LogP contribution in [-0.4, -0.2) is 0 Å². The second-order valence-electron chi connectivity index (χ2n) is 4.65. The van der Waals surface area contributed by atoms with E-state index in [1.54, 1.807) is 0 Å². The van der Waals surface area contributed by atoms with E-state index in [0.717, 1.165) is 0 Å². The fraction of sp³-hybridized carbons (Fsp3) is 0.150. The maximum Gasteiger partial charge on any atom is 0.0131 e. The molecule has 1 radical (unpaired) electrons. The van der Waals surface area contributed by atoms with E-state index in [-0.39, 0.29) is 0 Å². The molecule has 20 heavy (non-hydrogen) atoms. The second-order valence-corrected chi connectivity index (χ2v) is 4.65. The molecule has 2 aromatic rings. The van der Waals surface area contributed by atoms with Crippen molar-refractivity contribution in [2.24, 2.45) is 0 Å². The summed E-state index contributed by atoms with van der Waals surface area (Å²) in [5.41, 5.74) is 6.43. The molecule has 1 aliphatic carbocycles. The van der Waals surface area contributed by atoms with Gasteiger partial charge in [0.15, 0.2) is 0 Å². The fourth-order valence-corrected chi connectivity index (χ4v) is 1.89. The van der Waals surface area contributed by atoms with Crippen molar-refractivity contribution in [3.63, 3.8) is 0 Å². The number of aryl methyl sites for hydroxylation is 1. The van der Waals surface area contributed by atoms with E-state index in [4.69, 9.17) is 0 Å². The first-order chi connectivity index (χ1) is 9.81. The van der Waals surface area contributed by atoms with Gasteiger partial charge in [-0.1, -0.05) is 86.2 Å². The number of hydrogen-bond donors (Lipinski definition) is 0. The lowest BCUT2D eigenvalue weighted by atomic mass is 10.1. The SMILES string of the molecule is CC.Cc1ccc(/C=C/c2ccc(C3=C[CH]3)cc2)cc1. The maximum absolute atomic E-state index is 2.17. The summed E-state index contributed by atoms with van der Waals surface area (Å²) in [5, 5.41) is 0. The van der Waals surface area contributed by atoms with E-state index in [0.29, 0.717) is 0 Å². The highest BCUT2D eigenvalue weighted by Gasteiger charge is 2.09. The van der Waals surface area contributed by atoms with Gasteiger partial charge in [0.2, 0.25) is 0 Å². The smallest absolute Gasteiger partial charge is 0.0131 e. The molecule has 0 heteroatoms. The van der Waals surface area contributed by atoms with Gasteiger partial charge >= 0.3 is 0 Å². The number of rotatable bonds is 3. The molecule has 1 aliphatic rings. The summed E-state index contributed by atoms with van der Waals surface area (Å²) in [6.45, 7) is 6.11. The number of hydrogen-bond acceptors (Lipinski definition) is 0. The largest absolute Gasteiger partial charge is 0.0716 e. The van der Waals surface area contributed by atoms with Gasteiger partial charge in [0, 0.05) is 6.42 Å².